The van der Waals surface area contributed by atoms with Crippen LogP contribution in [-0.2, 0) is 11.0 Å². The summed E-state index contributed by atoms with van der Waals surface area (Å²) in [6.07, 6.45) is 1.05. The van der Waals surface area contributed by atoms with Crippen LogP contribution in [0.15, 0.2) is 30.3 Å². The Kier molecular flexibility index (Phi) is 2.47. The van der Waals surface area contributed by atoms with Gasteiger partial charge in [-0.15, -0.1) is 0 Å². The van der Waals surface area contributed by atoms with Gasteiger partial charge in [0.15, 0.2) is 0 Å². The minimum Gasteiger partial charge on any atom is -0.323 e. The maximum Gasteiger partial charge on any atom is 0.345 e. The molecule has 0 aromatic heterocycles. The highest BCUT2D eigenvalue weighted by atomic mass is 31.2. The van der Waals surface area contributed by atoms with Crippen LogP contribution in [0, 0.1) is 5.92 Å². The van der Waals surface area contributed by atoms with Crippen molar-refractivity contribution in [1.82, 2.24) is 0 Å². The third kappa shape index (κ3) is 1.99. The molecule has 2 atom stereocenters. The highest BCUT2D eigenvalue weighted by Crippen LogP contribution is 2.65. The molecule has 5 heteroatoms. The summed E-state index contributed by atoms with van der Waals surface area (Å²) in [6.45, 7) is 0. The SMILES string of the molecule is N[C@]1(P(=O)(O)O)C[C@@H]1Cc1ccccc1. The normalized spacial score (nSPS) is 30.2. The van der Waals surface area contributed by atoms with Crippen LogP contribution in [0.5, 0.6) is 0 Å². The Morgan fingerprint density at radius 2 is 2.00 bits per heavy atom. The Balaban J connectivity index is 2.05. The lowest BCUT2D eigenvalue weighted by Crippen LogP contribution is -2.25. The Bertz CT molecular complexity index is 402. The van der Waals surface area contributed by atoms with Crippen LogP contribution >= 0.6 is 7.60 Å². The van der Waals surface area contributed by atoms with E-state index in [1.807, 2.05) is 30.3 Å². The van der Waals surface area contributed by atoms with Gasteiger partial charge in [0.1, 0.15) is 5.28 Å². The predicted octanol–water partition coefficient (Wildman–Crippen LogP) is 1.08. The lowest BCUT2D eigenvalue weighted by Gasteiger charge is -2.13. The molecule has 1 aliphatic rings. The molecule has 0 aliphatic heterocycles. The van der Waals surface area contributed by atoms with Crippen molar-refractivity contribution in [1.29, 1.82) is 0 Å². The molecule has 0 unspecified atom stereocenters. The quantitative estimate of drug-likeness (QED) is 0.675. The maximum atomic E-state index is 11.1. The highest BCUT2D eigenvalue weighted by Gasteiger charge is 2.62. The second kappa shape index (κ2) is 3.42. The molecule has 2 rings (SSSR count). The summed E-state index contributed by atoms with van der Waals surface area (Å²) >= 11 is 0. The molecule has 4 N–H and O–H groups in total. The number of hydrogen-bond donors (Lipinski definition) is 3. The summed E-state index contributed by atoms with van der Waals surface area (Å²) < 4.78 is 11.1. The van der Waals surface area contributed by atoms with Gasteiger partial charge in [-0.3, -0.25) is 4.57 Å². The zero-order chi connectivity index (χ0) is 11.1. The molecule has 1 saturated carbocycles. The fraction of sp³-hybridized carbons (Fsp3) is 0.400. The van der Waals surface area contributed by atoms with Crippen LogP contribution in [0.2, 0.25) is 0 Å². The van der Waals surface area contributed by atoms with Crippen LogP contribution in [-0.4, -0.2) is 15.1 Å². The molecule has 0 amide bonds. The first kappa shape index (κ1) is 10.8. The van der Waals surface area contributed by atoms with E-state index in [0.29, 0.717) is 12.8 Å². The molecule has 4 nitrogen and oxygen atoms in total. The first-order chi connectivity index (χ1) is 6.93. The minimum absolute atomic E-state index is 0.0965. The van der Waals surface area contributed by atoms with Gasteiger partial charge in [0, 0.05) is 0 Å². The van der Waals surface area contributed by atoms with E-state index < -0.39 is 12.9 Å². The van der Waals surface area contributed by atoms with Gasteiger partial charge in [0.25, 0.3) is 0 Å². The third-order valence-electron chi connectivity index (χ3n) is 2.99. The summed E-state index contributed by atoms with van der Waals surface area (Å²) in [5, 5.41) is -1.27. The van der Waals surface area contributed by atoms with Crippen LogP contribution in [0.1, 0.15) is 12.0 Å². The van der Waals surface area contributed by atoms with Crippen molar-refractivity contribution >= 4 is 7.60 Å². The van der Waals surface area contributed by atoms with Crippen LogP contribution in [0.4, 0.5) is 0 Å². The van der Waals surface area contributed by atoms with Gasteiger partial charge in [0.05, 0.1) is 0 Å². The molecule has 0 radical (unpaired) electrons. The first-order valence-electron chi connectivity index (χ1n) is 4.82. The monoisotopic (exact) mass is 227 g/mol. The molecule has 0 spiro atoms. The van der Waals surface area contributed by atoms with Gasteiger partial charge < -0.3 is 15.5 Å². The number of rotatable bonds is 3. The predicted molar refractivity (Wildman–Crippen MR) is 57.2 cm³/mol. The summed E-state index contributed by atoms with van der Waals surface area (Å²) in [6, 6.07) is 9.62. The van der Waals surface area contributed by atoms with Crippen molar-refractivity contribution in [2.75, 3.05) is 0 Å². The van der Waals surface area contributed by atoms with E-state index in [9.17, 15) is 4.57 Å². The average Bonchev–Trinajstić information content (AvgIpc) is 2.79. The van der Waals surface area contributed by atoms with Gasteiger partial charge in [-0.2, -0.15) is 0 Å². The van der Waals surface area contributed by atoms with Crippen molar-refractivity contribution in [3.8, 4) is 0 Å². The van der Waals surface area contributed by atoms with Gasteiger partial charge in [-0.1, -0.05) is 30.3 Å². The molecule has 1 aromatic rings. The van der Waals surface area contributed by atoms with Crippen LogP contribution < -0.4 is 5.73 Å². The van der Waals surface area contributed by atoms with E-state index in [4.69, 9.17) is 15.5 Å². The van der Waals surface area contributed by atoms with Crippen molar-refractivity contribution in [2.24, 2.45) is 11.7 Å². The number of benzene rings is 1. The molecule has 0 heterocycles. The summed E-state index contributed by atoms with van der Waals surface area (Å²) in [5.41, 5.74) is 6.73. The van der Waals surface area contributed by atoms with Gasteiger partial charge in [-0.25, -0.2) is 0 Å². The smallest absolute Gasteiger partial charge is 0.323 e. The van der Waals surface area contributed by atoms with E-state index in [2.05, 4.69) is 0 Å². The van der Waals surface area contributed by atoms with Gasteiger partial charge >= 0.3 is 7.60 Å². The fourth-order valence-corrected chi connectivity index (χ4v) is 2.87. The van der Waals surface area contributed by atoms with Crippen LogP contribution in [0.25, 0.3) is 0 Å². The van der Waals surface area contributed by atoms with E-state index in [1.54, 1.807) is 0 Å². The Morgan fingerprint density at radius 1 is 1.40 bits per heavy atom. The maximum absolute atomic E-state index is 11.1. The lowest BCUT2D eigenvalue weighted by molar-refractivity contribution is 0.350. The van der Waals surface area contributed by atoms with Crippen molar-refractivity contribution in [3.05, 3.63) is 35.9 Å². The zero-order valence-corrected chi connectivity index (χ0v) is 9.10. The Morgan fingerprint density at radius 3 is 2.47 bits per heavy atom. The summed E-state index contributed by atoms with van der Waals surface area (Å²) in [5.74, 6) is -0.0965. The molecular weight excluding hydrogens is 213 g/mol. The number of hydrogen-bond acceptors (Lipinski definition) is 2. The Hall–Kier alpha value is -0.670. The van der Waals surface area contributed by atoms with Gasteiger partial charge in [0.2, 0.25) is 0 Å². The van der Waals surface area contributed by atoms with Gasteiger partial charge in [-0.05, 0) is 24.3 Å². The number of nitrogens with two attached hydrogens (primary N) is 1. The van der Waals surface area contributed by atoms with Crippen LogP contribution in [0.3, 0.4) is 0 Å². The van der Waals surface area contributed by atoms with E-state index >= 15 is 0 Å². The molecule has 1 aliphatic carbocycles. The molecule has 15 heavy (non-hydrogen) atoms. The third-order valence-corrected chi connectivity index (χ3v) is 4.62. The first-order valence-corrected chi connectivity index (χ1v) is 6.43. The summed E-state index contributed by atoms with van der Waals surface area (Å²) in [4.78, 5) is 18.1. The molecule has 0 saturated heterocycles. The zero-order valence-electron chi connectivity index (χ0n) is 8.21. The topological polar surface area (TPSA) is 83.6 Å². The molecule has 1 fully saturated rings. The average molecular weight is 227 g/mol. The second-order valence-corrected chi connectivity index (χ2v) is 6.05. The molecule has 0 bridgehead atoms. The lowest BCUT2D eigenvalue weighted by atomic mass is 10.1. The highest BCUT2D eigenvalue weighted by molar-refractivity contribution is 7.54. The van der Waals surface area contributed by atoms with Crippen molar-refractivity contribution in [3.63, 3.8) is 0 Å². The minimum atomic E-state index is -4.15. The van der Waals surface area contributed by atoms with E-state index in [1.165, 1.54) is 0 Å². The Labute approximate surface area is 88.3 Å². The van der Waals surface area contributed by atoms with Crippen molar-refractivity contribution < 1.29 is 14.4 Å². The molecular formula is C10H14NO3P. The molecule has 82 valence electrons. The van der Waals surface area contributed by atoms with E-state index in [0.717, 1.165) is 5.56 Å². The largest absolute Gasteiger partial charge is 0.345 e. The second-order valence-electron chi connectivity index (χ2n) is 4.13. The summed E-state index contributed by atoms with van der Waals surface area (Å²) in [7, 11) is -4.15. The standard InChI is InChI=1S/C10H14NO3P/c11-10(15(12,13)14)7-9(10)6-8-4-2-1-3-5-8/h1-5,9H,6-7,11H2,(H2,12,13,14)/t9-,10-/m0/s1. The van der Waals surface area contributed by atoms with E-state index in [-0.39, 0.29) is 5.92 Å². The van der Waals surface area contributed by atoms with Crippen molar-refractivity contribution in [2.45, 2.75) is 18.1 Å². The molecule has 1 aromatic carbocycles. The fourth-order valence-electron chi connectivity index (χ4n) is 1.84.